The largest absolute Gasteiger partial charge is 0.463 e. The first-order valence-electron chi connectivity index (χ1n) is 6.07. The molecule has 0 radical (unpaired) electrons. The highest BCUT2D eigenvalue weighted by molar-refractivity contribution is 5.86. The Morgan fingerprint density at radius 3 is 3.00 bits per heavy atom. The number of carbonyl (C=O) groups excluding carboxylic acids is 1. The molecule has 6 heteroatoms. The molecule has 0 aliphatic carbocycles. The summed E-state index contributed by atoms with van der Waals surface area (Å²) >= 11 is 0. The van der Waals surface area contributed by atoms with Crippen molar-refractivity contribution in [1.29, 1.82) is 0 Å². The number of anilines is 1. The third kappa shape index (κ3) is 2.96. The van der Waals surface area contributed by atoms with Crippen LogP contribution < -0.4 is 5.32 Å². The Kier molecular flexibility index (Phi) is 3.89. The smallest absolute Gasteiger partial charge is 0.373 e. The second-order valence-electron chi connectivity index (χ2n) is 4.13. The van der Waals surface area contributed by atoms with Crippen LogP contribution in [0.1, 0.15) is 28.9 Å². The molecule has 0 fully saturated rings. The van der Waals surface area contributed by atoms with E-state index in [1.807, 2.05) is 13.2 Å². The van der Waals surface area contributed by atoms with Crippen LogP contribution in [0.5, 0.6) is 0 Å². The van der Waals surface area contributed by atoms with E-state index in [4.69, 9.17) is 4.42 Å². The number of aromatic nitrogens is 2. The average Bonchev–Trinajstić information content (AvgIpc) is 3.01. The van der Waals surface area contributed by atoms with Crippen LogP contribution in [-0.4, -0.2) is 22.9 Å². The van der Waals surface area contributed by atoms with E-state index in [0.717, 1.165) is 17.8 Å². The van der Waals surface area contributed by atoms with E-state index >= 15 is 0 Å². The van der Waals surface area contributed by atoms with E-state index in [2.05, 4.69) is 22.1 Å². The van der Waals surface area contributed by atoms with Gasteiger partial charge in [-0.25, -0.2) is 4.79 Å². The molecule has 1 N–H and O–H groups in total. The fraction of sp³-hybridized carbons (Fsp3) is 0.385. The van der Waals surface area contributed by atoms with Crippen molar-refractivity contribution < 1.29 is 13.9 Å². The van der Waals surface area contributed by atoms with Crippen molar-refractivity contribution in [3.63, 3.8) is 0 Å². The number of nitrogens with zero attached hydrogens (tertiary/aromatic N) is 2. The third-order valence-corrected chi connectivity index (χ3v) is 2.74. The topological polar surface area (TPSA) is 69.3 Å². The van der Waals surface area contributed by atoms with E-state index in [1.165, 1.54) is 7.11 Å². The Bertz CT molecular complexity index is 571. The van der Waals surface area contributed by atoms with E-state index in [1.54, 1.807) is 16.8 Å². The van der Waals surface area contributed by atoms with Crippen molar-refractivity contribution in [3.05, 3.63) is 35.5 Å². The molecule has 0 aliphatic rings. The van der Waals surface area contributed by atoms with Gasteiger partial charge in [0.15, 0.2) is 0 Å². The lowest BCUT2D eigenvalue weighted by Crippen LogP contribution is -2.01. The van der Waals surface area contributed by atoms with Crippen LogP contribution in [0.15, 0.2) is 22.7 Å². The number of aryl methyl sites for hydroxylation is 2. The number of hydrogen-bond acceptors (Lipinski definition) is 5. The number of rotatable bonds is 5. The van der Waals surface area contributed by atoms with Crippen LogP contribution in [0.4, 0.5) is 5.69 Å². The summed E-state index contributed by atoms with van der Waals surface area (Å²) in [6.07, 6.45) is 2.78. The summed E-state index contributed by atoms with van der Waals surface area (Å²) in [4.78, 5) is 11.3. The van der Waals surface area contributed by atoms with Crippen molar-refractivity contribution in [2.45, 2.75) is 19.9 Å². The summed E-state index contributed by atoms with van der Waals surface area (Å²) in [5, 5.41) is 7.58. The summed E-state index contributed by atoms with van der Waals surface area (Å²) in [6.45, 7) is 2.55. The van der Waals surface area contributed by atoms with Crippen molar-refractivity contribution in [2.75, 3.05) is 12.4 Å². The molecule has 0 spiro atoms. The SMILES string of the molecule is CCc1nn(C)cc1NCc1ccc(C(=O)OC)o1. The molecule has 2 heterocycles. The van der Waals surface area contributed by atoms with E-state index < -0.39 is 5.97 Å². The molecular weight excluding hydrogens is 246 g/mol. The number of esters is 1. The zero-order valence-electron chi connectivity index (χ0n) is 11.3. The molecule has 0 saturated carbocycles. The normalized spacial score (nSPS) is 10.5. The lowest BCUT2D eigenvalue weighted by molar-refractivity contribution is 0.0563. The standard InChI is InChI=1S/C13H17N3O3/c1-4-10-11(8-16(2)15-10)14-7-9-5-6-12(19-9)13(17)18-3/h5-6,8,14H,4,7H2,1-3H3. The maximum atomic E-state index is 11.3. The minimum atomic E-state index is -0.470. The Labute approximate surface area is 111 Å². The van der Waals surface area contributed by atoms with Gasteiger partial charge in [0.2, 0.25) is 5.76 Å². The van der Waals surface area contributed by atoms with Crippen LogP contribution in [0.3, 0.4) is 0 Å². The van der Waals surface area contributed by atoms with Crippen molar-refractivity contribution in [2.24, 2.45) is 7.05 Å². The number of nitrogens with one attached hydrogen (secondary N) is 1. The summed E-state index contributed by atoms with van der Waals surface area (Å²) in [5.74, 6) is 0.411. The molecular formula is C13H17N3O3. The van der Waals surface area contributed by atoms with Crippen molar-refractivity contribution >= 4 is 11.7 Å². The second kappa shape index (κ2) is 5.60. The maximum absolute atomic E-state index is 11.3. The monoisotopic (exact) mass is 263 g/mol. The van der Waals surface area contributed by atoms with Crippen molar-refractivity contribution in [3.8, 4) is 0 Å². The first-order valence-corrected chi connectivity index (χ1v) is 6.07. The number of hydrogen-bond donors (Lipinski definition) is 1. The first-order chi connectivity index (χ1) is 9.13. The predicted molar refractivity (Wildman–Crippen MR) is 70.0 cm³/mol. The van der Waals surface area contributed by atoms with Gasteiger partial charge >= 0.3 is 5.97 Å². The number of ether oxygens (including phenoxy) is 1. The third-order valence-electron chi connectivity index (χ3n) is 2.74. The van der Waals surface area contributed by atoms with Crippen LogP contribution in [-0.2, 0) is 24.8 Å². The zero-order valence-corrected chi connectivity index (χ0v) is 11.3. The predicted octanol–water partition coefficient (Wildman–Crippen LogP) is 1.97. The Hall–Kier alpha value is -2.24. The van der Waals surface area contributed by atoms with Gasteiger partial charge < -0.3 is 14.5 Å². The quantitative estimate of drug-likeness (QED) is 0.835. The molecule has 0 saturated heterocycles. The van der Waals surface area contributed by atoms with Gasteiger partial charge in [-0.1, -0.05) is 6.92 Å². The lowest BCUT2D eigenvalue weighted by atomic mass is 10.3. The molecule has 2 rings (SSSR count). The maximum Gasteiger partial charge on any atom is 0.373 e. The van der Waals surface area contributed by atoms with E-state index in [0.29, 0.717) is 12.3 Å². The average molecular weight is 263 g/mol. The fourth-order valence-electron chi connectivity index (χ4n) is 1.81. The van der Waals surface area contributed by atoms with Gasteiger partial charge in [-0.2, -0.15) is 5.10 Å². The van der Waals surface area contributed by atoms with Gasteiger partial charge in [0.05, 0.1) is 25.0 Å². The molecule has 0 aromatic carbocycles. The van der Waals surface area contributed by atoms with Crippen molar-refractivity contribution in [1.82, 2.24) is 9.78 Å². The van der Waals surface area contributed by atoms with Gasteiger partial charge in [-0.05, 0) is 18.6 Å². The number of carbonyl (C=O) groups is 1. The minimum Gasteiger partial charge on any atom is -0.463 e. The van der Waals surface area contributed by atoms with Gasteiger partial charge in [0.25, 0.3) is 0 Å². The van der Waals surface area contributed by atoms with E-state index in [-0.39, 0.29) is 5.76 Å². The molecule has 0 aliphatic heterocycles. The Morgan fingerprint density at radius 1 is 1.53 bits per heavy atom. The lowest BCUT2D eigenvalue weighted by Gasteiger charge is -2.02. The molecule has 2 aromatic heterocycles. The molecule has 0 bridgehead atoms. The van der Waals surface area contributed by atoms with Crippen LogP contribution in [0.2, 0.25) is 0 Å². The second-order valence-corrected chi connectivity index (χ2v) is 4.13. The summed E-state index contributed by atoms with van der Waals surface area (Å²) < 4.78 is 11.7. The van der Waals surface area contributed by atoms with Gasteiger partial charge in [0.1, 0.15) is 5.76 Å². The number of furan rings is 1. The Morgan fingerprint density at radius 2 is 2.32 bits per heavy atom. The van der Waals surface area contributed by atoms with Crippen LogP contribution >= 0.6 is 0 Å². The van der Waals surface area contributed by atoms with Gasteiger partial charge in [-0.3, -0.25) is 4.68 Å². The Balaban J connectivity index is 2.02. The molecule has 0 atom stereocenters. The van der Waals surface area contributed by atoms with Gasteiger partial charge in [-0.15, -0.1) is 0 Å². The van der Waals surface area contributed by atoms with Gasteiger partial charge in [0, 0.05) is 13.2 Å². The summed E-state index contributed by atoms with van der Waals surface area (Å²) in [7, 11) is 3.21. The highest BCUT2D eigenvalue weighted by Crippen LogP contribution is 2.16. The molecule has 19 heavy (non-hydrogen) atoms. The van der Waals surface area contributed by atoms with Crippen LogP contribution in [0.25, 0.3) is 0 Å². The highest BCUT2D eigenvalue weighted by atomic mass is 16.5. The fourth-order valence-corrected chi connectivity index (χ4v) is 1.81. The zero-order chi connectivity index (χ0) is 13.8. The molecule has 0 unspecified atom stereocenters. The molecule has 6 nitrogen and oxygen atoms in total. The summed E-state index contributed by atoms with van der Waals surface area (Å²) in [5.41, 5.74) is 1.98. The number of methoxy groups -OCH3 is 1. The summed E-state index contributed by atoms with van der Waals surface area (Å²) in [6, 6.07) is 3.36. The molecule has 0 amide bonds. The van der Waals surface area contributed by atoms with E-state index in [9.17, 15) is 4.79 Å². The highest BCUT2D eigenvalue weighted by Gasteiger charge is 2.11. The molecule has 2 aromatic rings. The minimum absolute atomic E-state index is 0.209. The molecule has 102 valence electrons. The van der Waals surface area contributed by atoms with Crippen LogP contribution in [0, 0.1) is 0 Å². The first kappa shape index (κ1) is 13.2.